The molecule has 0 aromatic heterocycles. The fourth-order valence-corrected chi connectivity index (χ4v) is 3.78. The zero-order chi connectivity index (χ0) is 23.8. The normalized spacial score (nSPS) is 12.4. The molecule has 0 fully saturated rings. The van der Waals surface area contributed by atoms with E-state index >= 15 is 0 Å². The molecule has 0 radical (unpaired) electrons. The largest absolute Gasteiger partial charge is 0.490 e. The van der Waals surface area contributed by atoms with E-state index in [0.717, 1.165) is 33.6 Å². The van der Waals surface area contributed by atoms with Crippen LogP contribution in [0.2, 0.25) is 10.0 Å². The molecule has 1 atom stereocenters. The molecule has 6 heteroatoms. The van der Waals surface area contributed by atoms with Gasteiger partial charge in [0.15, 0.2) is 6.10 Å². The summed E-state index contributed by atoms with van der Waals surface area (Å²) in [5, 5.41) is 10.3. The predicted molar refractivity (Wildman–Crippen MR) is 134 cm³/mol. The van der Waals surface area contributed by atoms with Gasteiger partial charge in [0.25, 0.3) is 0 Å². The van der Waals surface area contributed by atoms with Crippen LogP contribution in [0.3, 0.4) is 0 Å². The lowest BCUT2D eigenvalue weighted by atomic mass is 10.0. The minimum absolute atomic E-state index is 0.318. The highest BCUT2D eigenvalue weighted by Crippen LogP contribution is 2.33. The monoisotopic (exact) mass is 484 g/mol. The van der Waals surface area contributed by atoms with Crippen LogP contribution in [-0.4, -0.2) is 30.4 Å². The molecule has 3 rings (SSSR count). The van der Waals surface area contributed by atoms with Gasteiger partial charge in [-0.05, 0) is 60.4 Å². The van der Waals surface area contributed by atoms with Crippen molar-refractivity contribution in [3.63, 3.8) is 0 Å². The zero-order valence-electron chi connectivity index (χ0n) is 18.6. The van der Waals surface area contributed by atoms with Crippen LogP contribution in [0.4, 0.5) is 0 Å². The average Bonchev–Trinajstić information content (AvgIpc) is 2.81. The SMILES string of the molecule is CCOC(Cc1ccc(OC/C=C(/C)c2ccc(-c3cccc(Cl)c3Cl)cc2)cc1)C(=O)O. The number of carboxylic acid groups (broad SMARTS) is 1. The maximum Gasteiger partial charge on any atom is 0.333 e. The van der Waals surface area contributed by atoms with Crippen molar-refractivity contribution in [3.8, 4) is 16.9 Å². The van der Waals surface area contributed by atoms with E-state index in [2.05, 4.69) is 0 Å². The van der Waals surface area contributed by atoms with Gasteiger partial charge in [0.1, 0.15) is 12.4 Å². The molecule has 0 amide bonds. The maximum absolute atomic E-state index is 11.2. The third-order valence-electron chi connectivity index (χ3n) is 5.23. The fourth-order valence-electron chi connectivity index (χ4n) is 3.37. The Morgan fingerprint density at radius 1 is 1.03 bits per heavy atom. The molecule has 0 saturated heterocycles. The lowest BCUT2D eigenvalue weighted by Gasteiger charge is -2.12. The highest BCUT2D eigenvalue weighted by Gasteiger charge is 2.17. The molecule has 0 spiro atoms. The van der Waals surface area contributed by atoms with Crippen LogP contribution in [0.25, 0.3) is 16.7 Å². The Bertz CT molecular complexity index is 1110. The Morgan fingerprint density at radius 2 is 1.73 bits per heavy atom. The predicted octanol–water partition coefficient (Wildman–Crippen LogP) is 7.17. The van der Waals surface area contributed by atoms with Crippen molar-refractivity contribution in [3.05, 3.63) is 94.0 Å². The van der Waals surface area contributed by atoms with Gasteiger partial charge < -0.3 is 14.6 Å². The molecular formula is C27H26Cl2O4. The number of aliphatic carboxylic acids is 1. The Labute approximate surface area is 204 Å². The maximum atomic E-state index is 11.2. The summed E-state index contributed by atoms with van der Waals surface area (Å²) >= 11 is 12.5. The van der Waals surface area contributed by atoms with E-state index in [1.54, 1.807) is 13.0 Å². The average molecular weight is 485 g/mol. The number of halogens is 2. The Balaban J connectivity index is 1.58. The van der Waals surface area contributed by atoms with Gasteiger partial charge in [0, 0.05) is 18.6 Å². The molecule has 3 aromatic carbocycles. The van der Waals surface area contributed by atoms with E-state index < -0.39 is 12.1 Å². The summed E-state index contributed by atoms with van der Waals surface area (Å²) in [5.41, 5.74) is 4.97. The van der Waals surface area contributed by atoms with Crippen molar-refractivity contribution in [1.29, 1.82) is 0 Å². The zero-order valence-corrected chi connectivity index (χ0v) is 20.1. The molecule has 0 bridgehead atoms. The van der Waals surface area contributed by atoms with Gasteiger partial charge in [-0.15, -0.1) is 0 Å². The van der Waals surface area contributed by atoms with E-state index in [-0.39, 0.29) is 0 Å². The quantitative estimate of drug-likeness (QED) is 0.331. The smallest absolute Gasteiger partial charge is 0.333 e. The summed E-state index contributed by atoms with van der Waals surface area (Å²) in [6.07, 6.45) is 1.50. The molecule has 0 heterocycles. The first-order chi connectivity index (χ1) is 15.9. The second kappa shape index (κ2) is 11.9. The number of ether oxygens (including phenoxy) is 2. The van der Waals surface area contributed by atoms with Gasteiger partial charge in [0.05, 0.1) is 10.0 Å². The first kappa shape index (κ1) is 24.8. The Hall–Kier alpha value is -2.79. The van der Waals surface area contributed by atoms with Crippen molar-refractivity contribution in [2.45, 2.75) is 26.4 Å². The summed E-state index contributed by atoms with van der Waals surface area (Å²) < 4.78 is 11.1. The van der Waals surface area contributed by atoms with Crippen molar-refractivity contribution in [2.75, 3.05) is 13.2 Å². The number of hydrogen-bond donors (Lipinski definition) is 1. The standard InChI is InChI=1S/C27H26Cl2O4/c1-3-32-25(27(30)31)17-19-7-13-22(14-8-19)33-16-15-18(2)20-9-11-21(12-10-20)23-5-4-6-24(28)26(23)29/h4-15,25H,3,16-17H2,1-2H3,(H,30,31)/b18-15-. The third-order valence-corrected chi connectivity index (χ3v) is 6.05. The summed E-state index contributed by atoms with van der Waals surface area (Å²) in [6, 6.07) is 21.2. The molecule has 172 valence electrons. The van der Waals surface area contributed by atoms with Gasteiger partial charge in [-0.25, -0.2) is 4.79 Å². The first-order valence-corrected chi connectivity index (χ1v) is 11.4. The molecule has 1 unspecified atom stereocenters. The molecule has 0 aliphatic heterocycles. The third kappa shape index (κ3) is 6.84. The van der Waals surface area contributed by atoms with Gasteiger partial charge in [-0.1, -0.05) is 71.7 Å². The summed E-state index contributed by atoms with van der Waals surface area (Å²) in [7, 11) is 0. The highest BCUT2D eigenvalue weighted by atomic mass is 35.5. The van der Waals surface area contributed by atoms with Gasteiger partial charge in [-0.3, -0.25) is 0 Å². The molecule has 33 heavy (non-hydrogen) atoms. The van der Waals surface area contributed by atoms with Gasteiger partial charge in [0.2, 0.25) is 0 Å². The molecule has 4 nitrogen and oxygen atoms in total. The van der Waals surface area contributed by atoms with Crippen LogP contribution < -0.4 is 4.74 Å². The first-order valence-electron chi connectivity index (χ1n) is 10.7. The van der Waals surface area contributed by atoms with E-state index in [1.165, 1.54) is 0 Å². The Kier molecular flexibility index (Phi) is 8.95. The van der Waals surface area contributed by atoms with Crippen LogP contribution in [0.5, 0.6) is 5.75 Å². The van der Waals surface area contributed by atoms with E-state index in [4.69, 9.17) is 32.7 Å². The lowest BCUT2D eigenvalue weighted by molar-refractivity contribution is -0.149. The molecule has 3 aromatic rings. The van der Waals surface area contributed by atoms with E-state index in [0.29, 0.717) is 29.7 Å². The number of hydrogen-bond acceptors (Lipinski definition) is 3. The number of allylic oxidation sites excluding steroid dienone is 1. The molecule has 0 aliphatic rings. The number of benzene rings is 3. The molecule has 0 saturated carbocycles. The van der Waals surface area contributed by atoms with Gasteiger partial charge in [-0.2, -0.15) is 0 Å². The van der Waals surface area contributed by atoms with Crippen molar-refractivity contribution in [2.24, 2.45) is 0 Å². The number of rotatable bonds is 10. The number of carboxylic acids is 1. The van der Waals surface area contributed by atoms with Gasteiger partial charge >= 0.3 is 5.97 Å². The molecule has 1 N–H and O–H groups in total. The topological polar surface area (TPSA) is 55.8 Å². The molecular weight excluding hydrogens is 459 g/mol. The second-order valence-corrected chi connectivity index (χ2v) is 8.29. The molecule has 0 aliphatic carbocycles. The van der Waals surface area contributed by atoms with Crippen LogP contribution in [0, 0.1) is 0 Å². The number of carbonyl (C=O) groups is 1. The van der Waals surface area contributed by atoms with E-state index in [9.17, 15) is 9.90 Å². The lowest BCUT2D eigenvalue weighted by Crippen LogP contribution is -2.26. The highest BCUT2D eigenvalue weighted by molar-refractivity contribution is 6.43. The summed E-state index contributed by atoms with van der Waals surface area (Å²) in [5.74, 6) is -0.237. The Morgan fingerprint density at radius 3 is 2.36 bits per heavy atom. The van der Waals surface area contributed by atoms with E-state index in [1.807, 2.05) is 73.7 Å². The van der Waals surface area contributed by atoms with Crippen molar-refractivity contribution < 1.29 is 19.4 Å². The van der Waals surface area contributed by atoms with Crippen molar-refractivity contribution in [1.82, 2.24) is 0 Å². The van der Waals surface area contributed by atoms with Crippen LogP contribution in [0.1, 0.15) is 25.0 Å². The van der Waals surface area contributed by atoms with Crippen LogP contribution in [-0.2, 0) is 16.0 Å². The van der Waals surface area contributed by atoms with Crippen molar-refractivity contribution >= 4 is 34.7 Å². The minimum Gasteiger partial charge on any atom is -0.490 e. The van der Waals surface area contributed by atoms with Crippen LogP contribution in [0.15, 0.2) is 72.8 Å². The summed E-state index contributed by atoms with van der Waals surface area (Å²) in [6.45, 7) is 4.60. The second-order valence-electron chi connectivity index (χ2n) is 7.51. The minimum atomic E-state index is -0.957. The fraction of sp³-hybridized carbons (Fsp3) is 0.222. The van der Waals surface area contributed by atoms with Crippen LogP contribution >= 0.6 is 23.2 Å². The summed E-state index contributed by atoms with van der Waals surface area (Å²) in [4.78, 5) is 11.2.